The molecule has 1 atom stereocenters. The van der Waals surface area contributed by atoms with Crippen molar-refractivity contribution in [3.8, 4) is 0 Å². The van der Waals surface area contributed by atoms with Crippen molar-refractivity contribution in [1.82, 2.24) is 15.5 Å². The van der Waals surface area contributed by atoms with Gasteiger partial charge in [-0.3, -0.25) is 0 Å². The molecule has 1 aliphatic rings. The molecule has 0 aromatic carbocycles. The highest BCUT2D eigenvalue weighted by molar-refractivity contribution is 7.98. The fraction of sp³-hybridized carbons (Fsp3) is 0.714. The SMILES string of the molecule is CSc1nnc(C2CNCCO2)o1. The lowest BCUT2D eigenvalue weighted by Gasteiger charge is -2.20. The molecule has 1 aromatic heterocycles. The highest BCUT2D eigenvalue weighted by Gasteiger charge is 2.21. The molecule has 1 fully saturated rings. The number of hydrogen-bond acceptors (Lipinski definition) is 6. The van der Waals surface area contributed by atoms with Crippen LogP contribution in [-0.4, -0.2) is 36.1 Å². The Hall–Kier alpha value is -0.590. The third-order valence-corrected chi connectivity index (χ3v) is 2.31. The first-order chi connectivity index (χ1) is 6.40. The lowest BCUT2D eigenvalue weighted by Crippen LogP contribution is -2.33. The van der Waals surface area contributed by atoms with Crippen LogP contribution in [0, 0.1) is 0 Å². The van der Waals surface area contributed by atoms with Crippen molar-refractivity contribution in [2.45, 2.75) is 11.3 Å². The van der Waals surface area contributed by atoms with Crippen LogP contribution in [0.25, 0.3) is 0 Å². The molecular formula is C7H11N3O2S. The van der Waals surface area contributed by atoms with Gasteiger partial charge in [-0.15, -0.1) is 10.2 Å². The molecule has 0 aliphatic carbocycles. The van der Waals surface area contributed by atoms with E-state index >= 15 is 0 Å². The summed E-state index contributed by atoms with van der Waals surface area (Å²) in [5.74, 6) is 0.566. The molecular weight excluding hydrogens is 190 g/mol. The van der Waals surface area contributed by atoms with Crippen molar-refractivity contribution in [2.24, 2.45) is 0 Å². The molecule has 1 aromatic rings. The first-order valence-electron chi connectivity index (χ1n) is 4.10. The summed E-state index contributed by atoms with van der Waals surface area (Å²) in [5.41, 5.74) is 0. The van der Waals surface area contributed by atoms with Gasteiger partial charge in [0, 0.05) is 13.1 Å². The van der Waals surface area contributed by atoms with Crippen molar-refractivity contribution in [2.75, 3.05) is 26.0 Å². The van der Waals surface area contributed by atoms with Crippen molar-refractivity contribution in [1.29, 1.82) is 0 Å². The zero-order valence-corrected chi connectivity index (χ0v) is 8.13. The predicted octanol–water partition coefficient (Wildman–Crippen LogP) is 0.452. The van der Waals surface area contributed by atoms with Gasteiger partial charge in [-0.2, -0.15) is 0 Å². The van der Waals surface area contributed by atoms with Crippen molar-refractivity contribution in [3.63, 3.8) is 0 Å². The fourth-order valence-electron chi connectivity index (χ4n) is 1.16. The lowest BCUT2D eigenvalue weighted by atomic mass is 10.3. The molecule has 1 unspecified atom stereocenters. The number of nitrogens with one attached hydrogen (secondary N) is 1. The zero-order valence-electron chi connectivity index (χ0n) is 7.32. The molecule has 6 heteroatoms. The second-order valence-corrected chi connectivity index (χ2v) is 3.43. The van der Waals surface area contributed by atoms with Crippen LogP contribution >= 0.6 is 11.8 Å². The van der Waals surface area contributed by atoms with Gasteiger partial charge in [0.05, 0.1) is 6.61 Å². The number of aromatic nitrogens is 2. The highest BCUT2D eigenvalue weighted by atomic mass is 32.2. The standard InChI is InChI=1S/C7H11N3O2S/c1-13-7-10-9-6(12-7)5-4-8-2-3-11-5/h5,8H,2-4H2,1H3. The van der Waals surface area contributed by atoms with E-state index in [1.165, 1.54) is 11.8 Å². The maximum atomic E-state index is 5.45. The molecule has 0 radical (unpaired) electrons. The monoisotopic (exact) mass is 201 g/mol. The Kier molecular flexibility index (Phi) is 2.82. The average molecular weight is 201 g/mol. The van der Waals surface area contributed by atoms with Gasteiger partial charge in [-0.1, -0.05) is 11.8 Å². The van der Waals surface area contributed by atoms with Crippen LogP contribution in [0.15, 0.2) is 9.64 Å². The summed E-state index contributed by atoms with van der Waals surface area (Å²) >= 11 is 1.44. The van der Waals surface area contributed by atoms with E-state index in [2.05, 4.69) is 15.5 Å². The molecule has 13 heavy (non-hydrogen) atoms. The molecule has 1 N–H and O–H groups in total. The largest absolute Gasteiger partial charge is 0.413 e. The van der Waals surface area contributed by atoms with E-state index in [1.807, 2.05) is 6.26 Å². The van der Waals surface area contributed by atoms with Crippen LogP contribution in [-0.2, 0) is 4.74 Å². The maximum Gasteiger partial charge on any atom is 0.276 e. The van der Waals surface area contributed by atoms with E-state index in [0.717, 1.165) is 13.1 Å². The summed E-state index contributed by atoms with van der Waals surface area (Å²) in [4.78, 5) is 0. The summed E-state index contributed by atoms with van der Waals surface area (Å²) in [7, 11) is 0. The minimum Gasteiger partial charge on any atom is -0.413 e. The normalized spacial score (nSPS) is 23.3. The van der Waals surface area contributed by atoms with Gasteiger partial charge in [0.15, 0.2) is 0 Å². The van der Waals surface area contributed by atoms with E-state index in [1.54, 1.807) is 0 Å². The summed E-state index contributed by atoms with van der Waals surface area (Å²) in [6.45, 7) is 2.33. The minimum absolute atomic E-state index is 0.0813. The first kappa shape index (κ1) is 8.98. The van der Waals surface area contributed by atoms with E-state index in [4.69, 9.17) is 9.15 Å². The Labute approximate surface area is 80.2 Å². The number of rotatable bonds is 2. The minimum atomic E-state index is -0.0813. The summed E-state index contributed by atoms with van der Waals surface area (Å²) < 4.78 is 10.8. The molecule has 0 saturated carbocycles. The number of morpholine rings is 1. The Balaban J connectivity index is 2.05. The smallest absolute Gasteiger partial charge is 0.276 e. The van der Waals surface area contributed by atoms with Gasteiger partial charge in [0.25, 0.3) is 5.22 Å². The predicted molar refractivity (Wildman–Crippen MR) is 47.6 cm³/mol. The van der Waals surface area contributed by atoms with Crippen molar-refractivity contribution in [3.05, 3.63) is 5.89 Å². The Morgan fingerprint density at radius 3 is 3.08 bits per heavy atom. The number of ether oxygens (including phenoxy) is 1. The average Bonchev–Trinajstić information content (AvgIpc) is 2.67. The Morgan fingerprint density at radius 2 is 2.46 bits per heavy atom. The van der Waals surface area contributed by atoms with E-state index in [0.29, 0.717) is 17.7 Å². The second kappa shape index (κ2) is 4.08. The third kappa shape index (κ3) is 2.01. The molecule has 0 bridgehead atoms. The summed E-state index contributed by atoms with van der Waals surface area (Å²) in [6, 6.07) is 0. The highest BCUT2D eigenvalue weighted by Crippen LogP contribution is 2.20. The van der Waals surface area contributed by atoms with Crippen LogP contribution < -0.4 is 5.32 Å². The number of thioether (sulfide) groups is 1. The zero-order chi connectivity index (χ0) is 9.10. The first-order valence-corrected chi connectivity index (χ1v) is 5.32. The lowest BCUT2D eigenvalue weighted by molar-refractivity contribution is 0.00899. The second-order valence-electron chi connectivity index (χ2n) is 2.67. The quantitative estimate of drug-likeness (QED) is 0.701. The van der Waals surface area contributed by atoms with Crippen molar-refractivity contribution >= 4 is 11.8 Å². The van der Waals surface area contributed by atoms with E-state index in [-0.39, 0.29) is 6.10 Å². The van der Waals surface area contributed by atoms with E-state index < -0.39 is 0 Å². The molecule has 1 aliphatic heterocycles. The third-order valence-electron chi connectivity index (χ3n) is 1.80. The van der Waals surface area contributed by atoms with Crippen LogP contribution in [0.4, 0.5) is 0 Å². The molecule has 5 nitrogen and oxygen atoms in total. The maximum absolute atomic E-state index is 5.45. The van der Waals surface area contributed by atoms with Gasteiger partial charge in [0.1, 0.15) is 6.10 Å². The van der Waals surface area contributed by atoms with Gasteiger partial charge in [-0.25, -0.2) is 0 Å². The number of nitrogens with zero attached hydrogens (tertiary/aromatic N) is 2. The summed E-state index contributed by atoms with van der Waals surface area (Å²) in [5, 5.41) is 11.5. The number of hydrogen-bond donors (Lipinski definition) is 1. The molecule has 0 spiro atoms. The van der Waals surface area contributed by atoms with Crippen molar-refractivity contribution < 1.29 is 9.15 Å². The van der Waals surface area contributed by atoms with Crippen LogP contribution in [0.5, 0.6) is 0 Å². The van der Waals surface area contributed by atoms with E-state index in [9.17, 15) is 0 Å². The fourth-order valence-corrected chi connectivity index (χ4v) is 1.45. The summed E-state index contributed by atoms with van der Waals surface area (Å²) in [6.07, 6.45) is 1.82. The molecule has 2 rings (SSSR count). The van der Waals surface area contributed by atoms with Gasteiger partial charge < -0.3 is 14.5 Å². The van der Waals surface area contributed by atoms with Crippen LogP contribution in [0.2, 0.25) is 0 Å². The van der Waals surface area contributed by atoms with Crippen LogP contribution in [0.1, 0.15) is 12.0 Å². The molecule has 0 amide bonds. The van der Waals surface area contributed by atoms with Gasteiger partial charge in [0.2, 0.25) is 5.89 Å². The Morgan fingerprint density at radius 1 is 1.54 bits per heavy atom. The van der Waals surface area contributed by atoms with Crippen LogP contribution in [0.3, 0.4) is 0 Å². The Bertz CT molecular complexity index is 272. The molecule has 2 heterocycles. The topological polar surface area (TPSA) is 60.2 Å². The molecule has 1 saturated heterocycles. The van der Waals surface area contributed by atoms with Gasteiger partial charge >= 0.3 is 0 Å². The van der Waals surface area contributed by atoms with Gasteiger partial charge in [-0.05, 0) is 6.26 Å². The molecule has 72 valence electrons.